The van der Waals surface area contributed by atoms with E-state index in [1.165, 1.54) is 18.4 Å². The van der Waals surface area contributed by atoms with E-state index in [1.54, 1.807) is 0 Å². The molecule has 0 radical (unpaired) electrons. The zero-order valence-corrected chi connectivity index (χ0v) is 12.6. The third kappa shape index (κ3) is 2.63. The van der Waals surface area contributed by atoms with Crippen LogP contribution in [-0.4, -0.2) is 9.55 Å². The summed E-state index contributed by atoms with van der Waals surface area (Å²) in [5.41, 5.74) is 2.31. The molecular formula is C13H17BrN2S. The van der Waals surface area contributed by atoms with Crippen molar-refractivity contribution in [3.63, 3.8) is 0 Å². The van der Waals surface area contributed by atoms with Crippen molar-refractivity contribution in [2.24, 2.45) is 5.92 Å². The minimum absolute atomic E-state index is 0.698. The first-order valence-corrected chi connectivity index (χ1v) is 7.23. The lowest BCUT2D eigenvalue weighted by Crippen LogP contribution is -2.09. The zero-order chi connectivity index (χ0) is 12.4. The molecule has 1 aromatic carbocycles. The average Bonchev–Trinajstić information content (AvgIpc) is 2.61. The number of benzene rings is 1. The molecule has 2 rings (SSSR count). The van der Waals surface area contributed by atoms with Crippen molar-refractivity contribution in [3.05, 3.63) is 27.4 Å². The van der Waals surface area contributed by atoms with E-state index >= 15 is 0 Å². The van der Waals surface area contributed by atoms with Crippen molar-refractivity contribution < 1.29 is 0 Å². The summed E-state index contributed by atoms with van der Waals surface area (Å²) in [5, 5.41) is 0. The van der Waals surface area contributed by atoms with Gasteiger partial charge in [0.25, 0.3) is 0 Å². The van der Waals surface area contributed by atoms with Crippen molar-refractivity contribution in [2.45, 2.75) is 33.2 Å². The van der Waals surface area contributed by atoms with Crippen LogP contribution < -0.4 is 0 Å². The Labute approximate surface area is 115 Å². The van der Waals surface area contributed by atoms with Crippen LogP contribution in [0.4, 0.5) is 0 Å². The molecule has 1 aromatic heterocycles. The maximum atomic E-state index is 5.40. The molecule has 0 aliphatic heterocycles. The third-order valence-electron chi connectivity index (χ3n) is 3.33. The topological polar surface area (TPSA) is 20.7 Å². The summed E-state index contributed by atoms with van der Waals surface area (Å²) in [5.74, 6) is 0.698. The van der Waals surface area contributed by atoms with Gasteiger partial charge in [-0.3, -0.25) is 0 Å². The zero-order valence-electron chi connectivity index (χ0n) is 10.2. The van der Waals surface area contributed by atoms with Crippen molar-refractivity contribution in [1.82, 2.24) is 9.55 Å². The van der Waals surface area contributed by atoms with E-state index in [9.17, 15) is 0 Å². The minimum Gasteiger partial charge on any atom is -0.331 e. The first-order chi connectivity index (χ1) is 8.15. The van der Waals surface area contributed by atoms with Crippen molar-refractivity contribution in [2.75, 3.05) is 0 Å². The molecule has 17 heavy (non-hydrogen) atoms. The highest BCUT2D eigenvalue weighted by Gasteiger charge is 2.09. The van der Waals surface area contributed by atoms with Crippen LogP contribution in [0.3, 0.4) is 0 Å². The largest absolute Gasteiger partial charge is 0.331 e. The van der Waals surface area contributed by atoms with Crippen molar-refractivity contribution >= 4 is 39.2 Å². The van der Waals surface area contributed by atoms with E-state index in [2.05, 4.69) is 57.5 Å². The third-order valence-corrected chi connectivity index (χ3v) is 4.15. The Bertz CT molecular complexity index is 566. The number of nitrogens with zero attached hydrogens (tertiary/aromatic N) is 1. The van der Waals surface area contributed by atoms with Crippen LogP contribution in [0.25, 0.3) is 11.0 Å². The molecule has 0 aliphatic rings. The van der Waals surface area contributed by atoms with Gasteiger partial charge in [-0.25, -0.2) is 0 Å². The van der Waals surface area contributed by atoms with E-state index in [1.807, 2.05) is 0 Å². The summed E-state index contributed by atoms with van der Waals surface area (Å²) in [6.45, 7) is 5.49. The van der Waals surface area contributed by atoms with Gasteiger partial charge in [0, 0.05) is 11.0 Å². The van der Waals surface area contributed by atoms with Gasteiger partial charge in [0.1, 0.15) is 0 Å². The summed E-state index contributed by atoms with van der Waals surface area (Å²) in [6, 6.07) is 6.26. The second-order valence-electron chi connectivity index (χ2n) is 4.38. The molecule has 0 saturated heterocycles. The van der Waals surface area contributed by atoms with E-state index in [4.69, 9.17) is 12.2 Å². The Hall–Kier alpha value is -0.610. The normalized spacial score (nSPS) is 11.5. The van der Waals surface area contributed by atoms with Gasteiger partial charge in [0.2, 0.25) is 0 Å². The highest BCUT2D eigenvalue weighted by atomic mass is 79.9. The van der Waals surface area contributed by atoms with E-state index in [-0.39, 0.29) is 0 Å². The summed E-state index contributed by atoms with van der Waals surface area (Å²) in [4.78, 5) is 3.27. The standard InChI is InChI=1S/C13H17BrN2S/c1-3-9(4-2)8-16-12-6-5-10(14)7-11(12)15-13(16)17/h5-7,9H,3-4,8H2,1-2H3,(H,15,17). The number of H-pyrrole nitrogens is 1. The molecule has 4 heteroatoms. The number of halogens is 1. The molecule has 2 aromatic rings. The van der Waals surface area contributed by atoms with Gasteiger partial charge >= 0.3 is 0 Å². The first-order valence-electron chi connectivity index (χ1n) is 6.03. The second-order valence-corrected chi connectivity index (χ2v) is 5.69. The Morgan fingerprint density at radius 3 is 2.71 bits per heavy atom. The molecule has 0 unspecified atom stereocenters. The molecule has 0 spiro atoms. The number of aromatic nitrogens is 2. The van der Waals surface area contributed by atoms with Crippen LogP contribution in [0.5, 0.6) is 0 Å². The predicted molar refractivity (Wildman–Crippen MR) is 78.9 cm³/mol. The number of rotatable bonds is 4. The lowest BCUT2D eigenvalue weighted by atomic mass is 10.0. The van der Waals surface area contributed by atoms with Gasteiger partial charge in [-0.05, 0) is 36.3 Å². The smallest absolute Gasteiger partial charge is 0.178 e. The molecule has 0 aliphatic carbocycles. The van der Waals surface area contributed by atoms with Crippen LogP contribution in [0.2, 0.25) is 0 Å². The number of fused-ring (bicyclic) bond motifs is 1. The van der Waals surface area contributed by atoms with Crippen LogP contribution in [-0.2, 0) is 6.54 Å². The molecule has 0 bridgehead atoms. The summed E-state index contributed by atoms with van der Waals surface area (Å²) in [6.07, 6.45) is 2.39. The number of hydrogen-bond donors (Lipinski definition) is 1. The Morgan fingerprint density at radius 2 is 2.06 bits per heavy atom. The predicted octanol–water partition coefficient (Wildman–Crippen LogP) is 4.90. The molecule has 0 amide bonds. The van der Waals surface area contributed by atoms with Crippen LogP contribution in [0, 0.1) is 10.7 Å². The number of aromatic amines is 1. The van der Waals surface area contributed by atoms with Gasteiger partial charge in [-0.1, -0.05) is 42.6 Å². The fourth-order valence-corrected chi connectivity index (χ4v) is 2.77. The van der Waals surface area contributed by atoms with Gasteiger partial charge in [-0.15, -0.1) is 0 Å². The van der Waals surface area contributed by atoms with E-state index in [0.29, 0.717) is 5.92 Å². The quantitative estimate of drug-likeness (QED) is 0.796. The van der Waals surface area contributed by atoms with Gasteiger partial charge in [-0.2, -0.15) is 0 Å². The molecule has 0 saturated carbocycles. The van der Waals surface area contributed by atoms with E-state index < -0.39 is 0 Å². The summed E-state index contributed by atoms with van der Waals surface area (Å²) < 4.78 is 4.12. The molecular weight excluding hydrogens is 296 g/mol. The molecule has 1 heterocycles. The van der Waals surface area contributed by atoms with E-state index in [0.717, 1.165) is 21.3 Å². The molecule has 2 nitrogen and oxygen atoms in total. The lowest BCUT2D eigenvalue weighted by molar-refractivity contribution is 0.422. The molecule has 0 atom stereocenters. The Balaban J connectivity index is 2.46. The maximum Gasteiger partial charge on any atom is 0.178 e. The monoisotopic (exact) mass is 312 g/mol. The Morgan fingerprint density at radius 1 is 1.35 bits per heavy atom. The van der Waals surface area contributed by atoms with Crippen LogP contribution in [0.1, 0.15) is 26.7 Å². The highest BCUT2D eigenvalue weighted by molar-refractivity contribution is 9.10. The average molecular weight is 313 g/mol. The van der Waals surface area contributed by atoms with Crippen molar-refractivity contribution in [1.29, 1.82) is 0 Å². The fourth-order valence-electron chi connectivity index (χ4n) is 2.12. The Kier molecular flexibility index (Phi) is 4.05. The SMILES string of the molecule is CCC(CC)Cn1c(=S)[nH]c2cc(Br)ccc21. The summed E-state index contributed by atoms with van der Waals surface area (Å²) >= 11 is 8.88. The highest BCUT2D eigenvalue weighted by Crippen LogP contribution is 2.21. The first kappa shape index (κ1) is 12.8. The minimum atomic E-state index is 0.698. The van der Waals surface area contributed by atoms with Crippen molar-refractivity contribution in [3.8, 4) is 0 Å². The van der Waals surface area contributed by atoms with Gasteiger partial charge in [0.05, 0.1) is 11.0 Å². The molecule has 0 fully saturated rings. The lowest BCUT2D eigenvalue weighted by Gasteiger charge is -2.13. The van der Waals surface area contributed by atoms with Crippen LogP contribution in [0.15, 0.2) is 22.7 Å². The maximum absolute atomic E-state index is 5.40. The van der Waals surface area contributed by atoms with Gasteiger partial charge in [0.15, 0.2) is 4.77 Å². The number of imidazole rings is 1. The number of nitrogens with one attached hydrogen (secondary N) is 1. The second kappa shape index (κ2) is 5.36. The number of hydrogen-bond acceptors (Lipinski definition) is 1. The molecule has 92 valence electrons. The fraction of sp³-hybridized carbons (Fsp3) is 0.462. The van der Waals surface area contributed by atoms with Crippen LogP contribution >= 0.6 is 28.1 Å². The summed E-state index contributed by atoms with van der Waals surface area (Å²) in [7, 11) is 0. The van der Waals surface area contributed by atoms with Gasteiger partial charge < -0.3 is 9.55 Å². The molecule has 1 N–H and O–H groups in total.